The third-order valence-electron chi connectivity index (χ3n) is 11.2. The van der Waals surface area contributed by atoms with Crippen molar-refractivity contribution in [3.8, 4) is 0 Å². The first-order valence-electron chi connectivity index (χ1n) is 19.0. The highest BCUT2D eigenvalue weighted by atomic mass is 16.7. The van der Waals surface area contributed by atoms with Crippen LogP contribution in [-0.4, -0.2) is 66.6 Å². The van der Waals surface area contributed by atoms with Crippen LogP contribution in [0.2, 0.25) is 0 Å². The fraction of sp³-hybridized carbons (Fsp3) is 0.422. The van der Waals surface area contributed by atoms with Crippen LogP contribution in [0.4, 0.5) is 0 Å². The summed E-state index contributed by atoms with van der Waals surface area (Å²) < 4.78 is 12.2. The van der Waals surface area contributed by atoms with Crippen LogP contribution in [0.5, 0.6) is 0 Å². The lowest BCUT2D eigenvalue weighted by molar-refractivity contribution is -0.187. The number of nitrogens with zero attached hydrogens (tertiary/aromatic N) is 1. The van der Waals surface area contributed by atoms with Crippen molar-refractivity contribution in [2.45, 2.75) is 94.7 Å². The SMILES string of the molecule is C[C@H](c1ccccc1)N(C)C(=O)c1cccc(C(=O)N[C@@H](Cc2ccccc2)[C@H](O)CNC2(c3cccc(C(C)(C)C)c3)CCC3(CC2)OCCO3)c1. The molecule has 2 fully saturated rings. The first kappa shape index (κ1) is 38.4. The average Bonchev–Trinajstić information content (AvgIpc) is 3.65. The maximum atomic E-state index is 13.9. The Morgan fingerprint density at radius 2 is 1.43 bits per heavy atom. The van der Waals surface area contributed by atoms with Gasteiger partial charge in [0.25, 0.3) is 11.8 Å². The van der Waals surface area contributed by atoms with Gasteiger partial charge in [-0.25, -0.2) is 0 Å². The zero-order valence-corrected chi connectivity index (χ0v) is 31.8. The van der Waals surface area contributed by atoms with Gasteiger partial charge in [0.05, 0.1) is 31.4 Å². The molecular weight excluding hydrogens is 663 g/mol. The summed E-state index contributed by atoms with van der Waals surface area (Å²) in [5, 5.41) is 18.9. The third kappa shape index (κ3) is 9.07. The molecule has 2 amide bonds. The summed E-state index contributed by atoms with van der Waals surface area (Å²) in [4.78, 5) is 29.2. The molecule has 0 aromatic heterocycles. The predicted molar refractivity (Wildman–Crippen MR) is 209 cm³/mol. The first-order valence-corrected chi connectivity index (χ1v) is 19.0. The van der Waals surface area contributed by atoms with Crippen molar-refractivity contribution in [1.29, 1.82) is 0 Å². The Labute approximate surface area is 314 Å². The van der Waals surface area contributed by atoms with Gasteiger partial charge in [-0.15, -0.1) is 0 Å². The molecule has 4 aromatic rings. The molecule has 3 atom stereocenters. The maximum Gasteiger partial charge on any atom is 0.254 e. The van der Waals surface area contributed by atoms with E-state index in [-0.39, 0.29) is 29.8 Å². The van der Waals surface area contributed by atoms with E-state index in [0.717, 1.165) is 36.8 Å². The first-order chi connectivity index (χ1) is 25.4. The molecule has 2 aliphatic rings. The summed E-state index contributed by atoms with van der Waals surface area (Å²) in [5.41, 5.74) is 4.81. The lowest BCUT2D eigenvalue weighted by atomic mass is 9.72. The molecule has 280 valence electrons. The molecule has 0 bridgehead atoms. The molecule has 53 heavy (non-hydrogen) atoms. The zero-order chi connectivity index (χ0) is 37.6. The third-order valence-corrected chi connectivity index (χ3v) is 11.2. The Morgan fingerprint density at radius 1 is 0.811 bits per heavy atom. The molecule has 1 saturated heterocycles. The van der Waals surface area contributed by atoms with Crippen molar-refractivity contribution in [3.63, 3.8) is 0 Å². The number of nitrogens with one attached hydrogen (secondary N) is 2. The van der Waals surface area contributed by atoms with Gasteiger partial charge >= 0.3 is 0 Å². The van der Waals surface area contributed by atoms with E-state index in [1.54, 1.807) is 36.2 Å². The lowest BCUT2D eigenvalue weighted by Gasteiger charge is -2.45. The van der Waals surface area contributed by atoms with E-state index in [1.807, 2.05) is 67.6 Å². The van der Waals surface area contributed by atoms with Gasteiger partial charge in [0.15, 0.2) is 5.79 Å². The Balaban J connectivity index is 1.21. The molecule has 1 spiro atoms. The van der Waals surface area contributed by atoms with E-state index in [4.69, 9.17) is 9.47 Å². The molecule has 0 radical (unpaired) electrons. The van der Waals surface area contributed by atoms with Crippen LogP contribution in [-0.2, 0) is 26.8 Å². The maximum absolute atomic E-state index is 13.9. The molecule has 1 aliphatic carbocycles. The molecule has 8 nitrogen and oxygen atoms in total. The van der Waals surface area contributed by atoms with Gasteiger partial charge in [0, 0.05) is 43.1 Å². The number of benzene rings is 4. The number of aliphatic hydroxyl groups excluding tert-OH is 1. The minimum Gasteiger partial charge on any atom is -0.390 e. The van der Waals surface area contributed by atoms with Gasteiger partial charge < -0.3 is 30.1 Å². The van der Waals surface area contributed by atoms with E-state index in [0.29, 0.717) is 30.8 Å². The quantitative estimate of drug-likeness (QED) is 0.142. The van der Waals surface area contributed by atoms with Crippen LogP contribution >= 0.6 is 0 Å². The summed E-state index contributed by atoms with van der Waals surface area (Å²) in [6.07, 6.45) is 2.56. The van der Waals surface area contributed by atoms with Crippen molar-refractivity contribution in [2.75, 3.05) is 26.8 Å². The molecule has 1 heterocycles. The fourth-order valence-electron chi connectivity index (χ4n) is 7.67. The molecule has 4 aromatic carbocycles. The van der Waals surface area contributed by atoms with Crippen LogP contribution in [0.15, 0.2) is 109 Å². The second-order valence-electron chi connectivity index (χ2n) is 15.8. The number of rotatable bonds is 12. The van der Waals surface area contributed by atoms with Crippen LogP contribution in [0.3, 0.4) is 0 Å². The Bertz CT molecular complexity index is 1820. The second-order valence-corrected chi connectivity index (χ2v) is 15.8. The van der Waals surface area contributed by atoms with Crippen LogP contribution in [0.1, 0.15) is 102 Å². The smallest absolute Gasteiger partial charge is 0.254 e. The standard InChI is InChI=1S/C45H55N3O5/c1-32(34-16-10-7-11-17-34)48(5)42(51)36-19-12-18-35(29-36)41(50)47-39(28-33-14-8-6-9-15-33)40(49)31-46-44(22-24-45(25-23-44)52-26-27-53-45)38-21-13-20-37(30-38)43(2,3)4/h6-21,29-30,32,39-40,46,49H,22-28,31H2,1-5H3,(H,47,50)/t32-,39+,40-/m1/s1. The lowest BCUT2D eigenvalue weighted by Crippen LogP contribution is -2.55. The number of hydrogen-bond acceptors (Lipinski definition) is 6. The number of hydrogen-bond donors (Lipinski definition) is 3. The topological polar surface area (TPSA) is 100 Å². The number of carbonyl (C=O) groups is 2. The van der Waals surface area contributed by atoms with Crippen molar-refractivity contribution >= 4 is 11.8 Å². The van der Waals surface area contributed by atoms with Gasteiger partial charge in [-0.05, 0) is 72.1 Å². The molecular formula is C45H55N3O5. The number of aliphatic hydroxyl groups is 1. The fourth-order valence-corrected chi connectivity index (χ4v) is 7.67. The normalized spacial score (nSPS) is 18.2. The highest BCUT2D eigenvalue weighted by Crippen LogP contribution is 2.45. The van der Waals surface area contributed by atoms with E-state index >= 15 is 0 Å². The van der Waals surface area contributed by atoms with Crippen molar-refractivity contribution < 1.29 is 24.2 Å². The van der Waals surface area contributed by atoms with Gasteiger partial charge in [0.1, 0.15) is 0 Å². The van der Waals surface area contributed by atoms with Gasteiger partial charge in [0.2, 0.25) is 0 Å². The summed E-state index contributed by atoms with van der Waals surface area (Å²) in [6.45, 7) is 10.1. The van der Waals surface area contributed by atoms with E-state index in [1.165, 1.54) is 11.1 Å². The molecule has 1 aliphatic heterocycles. The number of carbonyl (C=O) groups excluding carboxylic acids is 2. The average molecular weight is 718 g/mol. The predicted octanol–water partition coefficient (Wildman–Crippen LogP) is 7.32. The molecule has 3 N–H and O–H groups in total. The Kier molecular flexibility index (Phi) is 11.8. The van der Waals surface area contributed by atoms with Crippen molar-refractivity contribution in [2.24, 2.45) is 0 Å². The van der Waals surface area contributed by atoms with Gasteiger partial charge in [-0.1, -0.05) is 112 Å². The zero-order valence-electron chi connectivity index (χ0n) is 31.8. The van der Waals surface area contributed by atoms with Crippen LogP contribution < -0.4 is 10.6 Å². The molecule has 8 heteroatoms. The highest BCUT2D eigenvalue weighted by Gasteiger charge is 2.47. The Hall–Kier alpha value is -4.34. The van der Waals surface area contributed by atoms with Crippen LogP contribution in [0.25, 0.3) is 0 Å². The number of ether oxygens (including phenoxy) is 2. The van der Waals surface area contributed by atoms with Gasteiger partial charge in [-0.3, -0.25) is 9.59 Å². The van der Waals surface area contributed by atoms with Gasteiger partial charge in [-0.2, -0.15) is 0 Å². The largest absolute Gasteiger partial charge is 0.390 e. The summed E-state index contributed by atoms with van der Waals surface area (Å²) in [5.74, 6) is -1.06. The second kappa shape index (κ2) is 16.4. The van der Waals surface area contributed by atoms with Crippen molar-refractivity contribution in [1.82, 2.24) is 15.5 Å². The van der Waals surface area contributed by atoms with E-state index in [2.05, 4.69) is 55.7 Å². The molecule has 6 rings (SSSR count). The minimum absolute atomic E-state index is 0.0210. The molecule has 1 saturated carbocycles. The summed E-state index contributed by atoms with van der Waals surface area (Å²) >= 11 is 0. The van der Waals surface area contributed by atoms with Crippen molar-refractivity contribution in [3.05, 3.63) is 143 Å². The highest BCUT2D eigenvalue weighted by molar-refractivity contribution is 5.99. The van der Waals surface area contributed by atoms with E-state index < -0.39 is 23.5 Å². The van der Waals surface area contributed by atoms with E-state index in [9.17, 15) is 14.7 Å². The van der Waals surface area contributed by atoms with Crippen LogP contribution in [0, 0.1) is 0 Å². The molecule has 0 unspecified atom stereocenters. The minimum atomic E-state index is -0.917. The summed E-state index contributed by atoms with van der Waals surface area (Å²) in [7, 11) is 1.78. The summed E-state index contributed by atoms with van der Waals surface area (Å²) in [6, 6.07) is 34.6. The Morgan fingerprint density at radius 3 is 2.09 bits per heavy atom. The monoisotopic (exact) mass is 717 g/mol. The number of amides is 2.